The van der Waals surface area contributed by atoms with E-state index in [1.165, 1.54) is 7.11 Å². The third kappa shape index (κ3) is 7.27. The van der Waals surface area contributed by atoms with Gasteiger partial charge in [0.1, 0.15) is 36.1 Å². The molecule has 5 atom stereocenters. The second kappa shape index (κ2) is 15.9. The lowest BCUT2D eigenvalue weighted by Crippen LogP contribution is -2.52. The van der Waals surface area contributed by atoms with E-state index in [1.54, 1.807) is 16.0 Å². The van der Waals surface area contributed by atoms with Crippen molar-refractivity contribution in [2.24, 2.45) is 5.92 Å². The first-order chi connectivity index (χ1) is 29.5. The number of carbonyl (C=O) groups excluding carboxylic acids is 3. The molecule has 5 heterocycles. The number of hydrogen-bond acceptors (Lipinski definition) is 8. The van der Waals surface area contributed by atoms with E-state index >= 15 is 0 Å². The van der Waals surface area contributed by atoms with Gasteiger partial charge >= 0.3 is 12.2 Å². The maximum Gasteiger partial charge on any atom is 0.407 e. The molecule has 314 valence electrons. The molecule has 15 heteroatoms. The average Bonchev–Trinajstić information content (AvgIpc) is 4.10. The Bertz CT molecular complexity index is 2670. The summed E-state index contributed by atoms with van der Waals surface area (Å²) in [5.41, 5.74) is 7.12. The van der Waals surface area contributed by atoms with E-state index in [0.717, 1.165) is 81.2 Å². The maximum absolute atomic E-state index is 14.1. The molecule has 5 N–H and O–H groups in total. The molecule has 3 aliphatic rings. The molecule has 6 aromatic rings. The number of nitrogens with zero attached hydrogens (tertiary/aromatic N) is 4. The highest BCUT2D eigenvalue weighted by Crippen LogP contribution is 2.44. The van der Waals surface area contributed by atoms with Crippen molar-refractivity contribution in [3.63, 3.8) is 0 Å². The fraction of sp³-hybridized carbons (Fsp3) is 0.348. The van der Waals surface area contributed by atoms with Gasteiger partial charge in [-0.1, -0.05) is 62.4 Å². The summed E-state index contributed by atoms with van der Waals surface area (Å²) in [6, 6.07) is 21.3. The van der Waals surface area contributed by atoms with Gasteiger partial charge in [0.05, 0.1) is 42.1 Å². The van der Waals surface area contributed by atoms with Crippen molar-refractivity contribution in [3.8, 4) is 28.1 Å². The van der Waals surface area contributed by atoms with Crippen molar-refractivity contribution in [1.29, 1.82) is 0 Å². The summed E-state index contributed by atoms with van der Waals surface area (Å²) < 4.78 is 11.3. The standard InChI is InChI=1S/C46H48N8O7/c1-24(2)38(51-45(57)58)44(56)54-25(3)12-17-36(54)41-47-22-34(49-41)28-13-15-30-29(19-28)23-61-37-21-31-27(20-32(30)37)14-16-33-40(31)50-42(48-33)35-11-8-18-53(35)43(55)39(52-46(59)60-4)26-9-6-5-7-10-26/h5-7,9-10,13-16,19-22,24-25,35-36,38-39,51H,8,11-12,17-18,23H2,1-4H3,(H,47,49)(H,48,50)(H,52,59)(H,57,58)/t25?,35-,36?,38-,39+/m0/s1. The smallest absolute Gasteiger partial charge is 0.407 e. The summed E-state index contributed by atoms with van der Waals surface area (Å²) in [5, 5.41) is 16.5. The first-order valence-corrected chi connectivity index (χ1v) is 20.8. The topological polar surface area (TPSA) is 195 Å². The van der Waals surface area contributed by atoms with Gasteiger partial charge in [-0.3, -0.25) is 9.59 Å². The summed E-state index contributed by atoms with van der Waals surface area (Å²) in [5.74, 6) is 1.43. The Morgan fingerprint density at radius 3 is 2.49 bits per heavy atom. The van der Waals surface area contributed by atoms with Crippen LogP contribution >= 0.6 is 0 Å². The first kappa shape index (κ1) is 39.6. The normalized spacial score (nSPS) is 19.3. The van der Waals surface area contributed by atoms with Crippen LogP contribution in [0.5, 0.6) is 5.75 Å². The number of aromatic amines is 2. The predicted molar refractivity (Wildman–Crippen MR) is 227 cm³/mol. The van der Waals surface area contributed by atoms with Crippen LogP contribution in [0.2, 0.25) is 0 Å². The molecule has 61 heavy (non-hydrogen) atoms. The number of likely N-dealkylation sites (tertiary alicyclic amines) is 2. The van der Waals surface area contributed by atoms with Crippen LogP contribution < -0.4 is 15.4 Å². The minimum atomic E-state index is -1.22. The molecule has 0 saturated carbocycles. The number of fused-ring (bicyclic) bond motifs is 6. The van der Waals surface area contributed by atoms with Gasteiger partial charge in [-0.25, -0.2) is 19.6 Å². The second-order valence-corrected chi connectivity index (χ2v) is 16.5. The number of hydrogen-bond donors (Lipinski definition) is 5. The van der Waals surface area contributed by atoms with Crippen LogP contribution in [0.25, 0.3) is 44.2 Å². The van der Waals surface area contributed by atoms with E-state index in [-0.39, 0.29) is 35.9 Å². The molecule has 2 unspecified atom stereocenters. The third-order valence-electron chi connectivity index (χ3n) is 12.4. The Labute approximate surface area is 351 Å². The van der Waals surface area contributed by atoms with Crippen molar-refractivity contribution < 1.29 is 33.8 Å². The van der Waals surface area contributed by atoms with E-state index in [2.05, 4.69) is 50.9 Å². The second-order valence-electron chi connectivity index (χ2n) is 16.5. The summed E-state index contributed by atoms with van der Waals surface area (Å²) in [4.78, 5) is 72.0. The van der Waals surface area contributed by atoms with Crippen molar-refractivity contribution in [2.75, 3.05) is 13.7 Å². The number of alkyl carbamates (subject to hydrolysis) is 1. The van der Waals surface area contributed by atoms with Crippen molar-refractivity contribution in [3.05, 3.63) is 102 Å². The molecule has 0 spiro atoms. The van der Waals surface area contributed by atoms with Crippen molar-refractivity contribution >= 4 is 45.8 Å². The molecule has 15 nitrogen and oxygen atoms in total. The van der Waals surface area contributed by atoms with Gasteiger partial charge in [-0.2, -0.15) is 0 Å². The van der Waals surface area contributed by atoms with E-state index < -0.39 is 24.3 Å². The number of imidazole rings is 2. The van der Waals surface area contributed by atoms with Gasteiger partial charge < -0.3 is 45.0 Å². The molecule has 2 fully saturated rings. The van der Waals surface area contributed by atoms with Crippen LogP contribution in [0.3, 0.4) is 0 Å². The number of benzene rings is 4. The fourth-order valence-electron chi connectivity index (χ4n) is 9.31. The van der Waals surface area contributed by atoms with Crippen LogP contribution in [0.1, 0.15) is 87.4 Å². The van der Waals surface area contributed by atoms with Gasteiger partial charge in [0, 0.05) is 23.5 Å². The zero-order valence-electron chi connectivity index (χ0n) is 34.4. The Kier molecular flexibility index (Phi) is 10.3. The first-order valence-electron chi connectivity index (χ1n) is 20.8. The van der Waals surface area contributed by atoms with Crippen LogP contribution in [0, 0.1) is 5.92 Å². The molecule has 0 aliphatic carbocycles. The molecule has 4 aromatic carbocycles. The van der Waals surface area contributed by atoms with Gasteiger partial charge in [-0.05, 0) is 90.4 Å². The minimum absolute atomic E-state index is 0.0594. The monoisotopic (exact) mass is 824 g/mol. The van der Waals surface area contributed by atoms with E-state index in [0.29, 0.717) is 30.4 Å². The molecule has 0 radical (unpaired) electrons. The van der Waals surface area contributed by atoms with Crippen LogP contribution in [-0.2, 0) is 20.9 Å². The number of ether oxygens (including phenoxy) is 2. The molecule has 4 amide bonds. The Balaban J connectivity index is 0.969. The number of carboxylic acid groups (broad SMARTS) is 1. The lowest BCUT2D eigenvalue weighted by molar-refractivity contribution is -0.137. The van der Waals surface area contributed by atoms with E-state index in [9.17, 15) is 24.3 Å². The number of methoxy groups -OCH3 is 1. The molecular formula is C46H48N8O7. The number of amides is 4. The van der Waals surface area contributed by atoms with Crippen molar-refractivity contribution in [1.82, 2.24) is 40.4 Å². The zero-order chi connectivity index (χ0) is 42.5. The van der Waals surface area contributed by atoms with Gasteiger partial charge in [0.25, 0.3) is 5.91 Å². The summed E-state index contributed by atoms with van der Waals surface area (Å²) in [7, 11) is 1.28. The molecule has 2 saturated heterocycles. The number of H-pyrrole nitrogens is 2. The molecule has 2 aromatic heterocycles. The van der Waals surface area contributed by atoms with E-state index in [4.69, 9.17) is 19.4 Å². The van der Waals surface area contributed by atoms with Gasteiger partial charge in [0.15, 0.2) is 0 Å². The number of nitrogens with one attached hydrogen (secondary N) is 4. The summed E-state index contributed by atoms with van der Waals surface area (Å²) in [6.45, 7) is 6.55. The highest BCUT2D eigenvalue weighted by molar-refractivity contribution is 6.07. The lowest BCUT2D eigenvalue weighted by atomic mass is 9.92. The average molecular weight is 825 g/mol. The Morgan fingerprint density at radius 2 is 1.72 bits per heavy atom. The summed E-state index contributed by atoms with van der Waals surface area (Å²) in [6.07, 6.45) is 2.91. The van der Waals surface area contributed by atoms with E-state index in [1.807, 2.05) is 63.2 Å². The van der Waals surface area contributed by atoms with Gasteiger partial charge in [-0.15, -0.1) is 0 Å². The van der Waals surface area contributed by atoms with Crippen LogP contribution in [0.15, 0.2) is 79.0 Å². The molecule has 0 bridgehead atoms. The zero-order valence-corrected chi connectivity index (χ0v) is 34.4. The largest absolute Gasteiger partial charge is 0.488 e. The Morgan fingerprint density at radius 1 is 0.902 bits per heavy atom. The minimum Gasteiger partial charge on any atom is -0.488 e. The number of carbonyl (C=O) groups is 4. The van der Waals surface area contributed by atoms with Crippen LogP contribution in [0.4, 0.5) is 9.59 Å². The quantitative estimate of drug-likeness (QED) is 0.0968. The Hall–Kier alpha value is -6.90. The summed E-state index contributed by atoms with van der Waals surface area (Å²) >= 11 is 0. The molecule has 9 rings (SSSR count). The number of rotatable bonds is 9. The number of aromatic nitrogens is 4. The predicted octanol–water partition coefficient (Wildman–Crippen LogP) is 7.77. The maximum atomic E-state index is 14.1. The SMILES string of the molecule is COC(=O)N[C@@H](C(=O)N1CCC[C@H]1c1nc2c(ccc3cc4c(cc32)OCc2cc(-c3cnc(C5CCC(C)N5C(=O)[C@@H](NC(=O)O)C(C)C)[nH]3)ccc2-4)[nH]1)c1ccccc1. The molecule has 3 aliphatic heterocycles. The van der Waals surface area contributed by atoms with Gasteiger partial charge in [0.2, 0.25) is 5.91 Å². The van der Waals surface area contributed by atoms with Crippen molar-refractivity contribution in [2.45, 2.75) is 83.3 Å². The van der Waals surface area contributed by atoms with Crippen LogP contribution in [-0.4, -0.2) is 84.6 Å². The molecular weight excluding hydrogens is 777 g/mol. The highest BCUT2D eigenvalue weighted by atomic mass is 16.5. The third-order valence-corrected chi connectivity index (χ3v) is 12.4. The fourth-order valence-corrected chi connectivity index (χ4v) is 9.31. The highest BCUT2D eigenvalue weighted by Gasteiger charge is 2.41. The lowest BCUT2D eigenvalue weighted by Gasteiger charge is -2.32.